The molecule has 0 radical (unpaired) electrons. The van der Waals surface area contributed by atoms with Gasteiger partial charge in [-0.25, -0.2) is 0 Å². The Labute approximate surface area is 163 Å². The molecule has 0 fully saturated rings. The van der Waals surface area contributed by atoms with Crippen LogP contribution in [0.3, 0.4) is 0 Å². The minimum Gasteiger partial charge on any atom is -0.486 e. The Morgan fingerprint density at radius 1 is 1.19 bits per heavy atom. The Balaban J connectivity index is 1.46. The SMILES string of the molecule is C=C1C=Cc2cc3c(cc2C1)OC(C)(C)C(NC/C=C/C1=CCCC=C1)C3. The molecule has 0 saturated carbocycles. The summed E-state index contributed by atoms with van der Waals surface area (Å²) in [5.41, 5.74) is 6.16. The minimum atomic E-state index is -0.236. The van der Waals surface area contributed by atoms with Crippen LogP contribution in [0.4, 0.5) is 0 Å². The molecule has 3 aliphatic rings. The maximum Gasteiger partial charge on any atom is 0.123 e. The molecule has 2 heteroatoms. The summed E-state index contributed by atoms with van der Waals surface area (Å²) in [5.74, 6) is 1.04. The smallest absolute Gasteiger partial charge is 0.123 e. The minimum absolute atomic E-state index is 0.236. The molecular weight excluding hydrogens is 330 g/mol. The van der Waals surface area contributed by atoms with Gasteiger partial charge in [-0.2, -0.15) is 0 Å². The first-order chi connectivity index (χ1) is 13.0. The molecule has 2 nitrogen and oxygen atoms in total. The summed E-state index contributed by atoms with van der Waals surface area (Å²) in [6, 6.07) is 4.80. The van der Waals surface area contributed by atoms with E-state index in [0.29, 0.717) is 0 Å². The molecule has 0 saturated heterocycles. The van der Waals surface area contributed by atoms with Gasteiger partial charge in [-0.05, 0) is 73.9 Å². The van der Waals surface area contributed by atoms with E-state index in [4.69, 9.17) is 4.74 Å². The van der Waals surface area contributed by atoms with Gasteiger partial charge in [-0.3, -0.25) is 0 Å². The fourth-order valence-electron chi connectivity index (χ4n) is 4.06. The summed E-state index contributed by atoms with van der Waals surface area (Å²) in [5, 5.41) is 3.68. The number of hydrogen-bond acceptors (Lipinski definition) is 2. The molecule has 1 aromatic carbocycles. The van der Waals surface area contributed by atoms with E-state index in [0.717, 1.165) is 43.6 Å². The van der Waals surface area contributed by atoms with E-state index in [2.05, 4.69) is 80.4 Å². The van der Waals surface area contributed by atoms with Gasteiger partial charge in [0, 0.05) is 6.54 Å². The monoisotopic (exact) mass is 359 g/mol. The summed E-state index contributed by atoms with van der Waals surface area (Å²) >= 11 is 0. The molecule has 1 atom stereocenters. The predicted molar refractivity (Wildman–Crippen MR) is 114 cm³/mol. The average Bonchev–Trinajstić information content (AvgIpc) is 2.64. The molecular formula is C25H29NO. The molecule has 1 heterocycles. The third kappa shape index (κ3) is 4.01. The third-order valence-electron chi connectivity index (χ3n) is 5.69. The summed E-state index contributed by atoms with van der Waals surface area (Å²) in [4.78, 5) is 0. The van der Waals surface area contributed by atoms with Crippen LogP contribution in [0.2, 0.25) is 0 Å². The van der Waals surface area contributed by atoms with Gasteiger partial charge in [0.05, 0.1) is 6.04 Å². The molecule has 1 aliphatic heterocycles. The van der Waals surface area contributed by atoms with Crippen LogP contribution in [0.5, 0.6) is 5.75 Å². The van der Waals surface area contributed by atoms with Crippen LogP contribution in [0.15, 0.2) is 66.3 Å². The maximum absolute atomic E-state index is 6.42. The molecule has 0 amide bonds. The van der Waals surface area contributed by atoms with Gasteiger partial charge in [-0.1, -0.05) is 54.7 Å². The zero-order chi connectivity index (χ0) is 18.9. The van der Waals surface area contributed by atoms with Crippen LogP contribution in [0, 0.1) is 0 Å². The van der Waals surface area contributed by atoms with Crippen LogP contribution in [-0.2, 0) is 12.8 Å². The molecule has 1 unspecified atom stereocenters. The highest BCUT2D eigenvalue weighted by atomic mass is 16.5. The molecule has 140 valence electrons. The molecule has 0 aromatic heterocycles. The van der Waals surface area contributed by atoms with Crippen molar-refractivity contribution in [2.75, 3.05) is 6.54 Å². The molecule has 0 bridgehead atoms. The number of hydrogen-bond donors (Lipinski definition) is 1. The molecule has 0 spiro atoms. The van der Waals surface area contributed by atoms with Crippen molar-refractivity contribution in [1.29, 1.82) is 0 Å². The van der Waals surface area contributed by atoms with Crippen LogP contribution < -0.4 is 10.1 Å². The van der Waals surface area contributed by atoms with Crippen LogP contribution in [0.1, 0.15) is 43.4 Å². The Bertz CT molecular complexity index is 867. The first-order valence-corrected chi connectivity index (χ1v) is 9.98. The van der Waals surface area contributed by atoms with Crippen LogP contribution >= 0.6 is 0 Å². The van der Waals surface area contributed by atoms with Crippen molar-refractivity contribution in [2.45, 2.75) is 51.2 Å². The first kappa shape index (κ1) is 18.1. The molecule has 2 aliphatic carbocycles. The Morgan fingerprint density at radius 2 is 2.07 bits per heavy atom. The van der Waals surface area contributed by atoms with Gasteiger partial charge < -0.3 is 10.1 Å². The van der Waals surface area contributed by atoms with E-state index >= 15 is 0 Å². The van der Waals surface area contributed by atoms with Crippen molar-refractivity contribution in [3.8, 4) is 5.75 Å². The van der Waals surface area contributed by atoms with Gasteiger partial charge in [0.15, 0.2) is 0 Å². The van der Waals surface area contributed by atoms with Crippen molar-refractivity contribution in [2.24, 2.45) is 0 Å². The Hall–Kier alpha value is -2.32. The van der Waals surface area contributed by atoms with Gasteiger partial charge in [0.25, 0.3) is 0 Å². The number of rotatable bonds is 4. The van der Waals surface area contributed by atoms with E-state index in [1.807, 2.05) is 0 Å². The van der Waals surface area contributed by atoms with Crippen LogP contribution in [-0.4, -0.2) is 18.2 Å². The lowest BCUT2D eigenvalue weighted by molar-refractivity contribution is 0.0498. The summed E-state index contributed by atoms with van der Waals surface area (Å²) < 4.78 is 6.42. The van der Waals surface area contributed by atoms with E-state index in [-0.39, 0.29) is 11.6 Å². The van der Waals surface area contributed by atoms with Gasteiger partial charge >= 0.3 is 0 Å². The Morgan fingerprint density at radius 3 is 2.89 bits per heavy atom. The molecule has 1 aromatic rings. The maximum atomic E-state index is 6.42. The quantitative estimate of drug-likeness (QED) is 0.786. The molecule has 4 rings (SSSR count). The predicted octanol–water partition coefficient (Wildman–Crippen LogP) is 5.32. The topological polar surface area (TPSA) is 21.3 Å². The number of allylic oxidation sites excluding steroid dienone is 7. The normalized spacial score (nSPS) is 23.0. The van der Waals surface area contributed by atoms with Gasteiger partial charge in [-0.15, -0.1) is 0 Å². The highest BCUT2D eigenvalue weighted by Gasteiger charge is 2.36. The van der Waals surface area contributed by atoms with Crippen molar-refractivity contribution in [1.82, 2.24) is 5.32 Å². The average molecular weight is 360 g/mol. The standard InChI is InChI=1S/C25H29NO/c1-18-11-12-20-15-22-17-24(25(2,3)27-23(22)16-21(20)14-18)26-13-7-10-19-8-5-4-6-9-19/h5,7-12,15-16,24,26H,1,4,6,13-14,17H2,2-3H3/b10-7+. The zero-order valence-corrected chi connectivity index (χ0v) is 16.4. The van der Waals surface area contributed by atoms with E-state index in [9.17, 15) is 0 Å². The fourth-order valence-corrected chi connectivity index (χ4v) is 4.06. The van der Waals surface area contributed by atoms with Crippen molar-refractivity contribution in [3.63, 3.8) is 0 Å². The second-order valence-electron chi connectivity index (χ2n) is 8.28. The summed E-state index contributed by atoms with van der Waals surface area (Å²) in [6.45, 7) is 9.30. The van der Waals surface area contributed by atoms with E-state index < -0.39 is 0 Å². The van der Waals surface area contributed by atoms with Crippen molar-refractivity contribution >= 4 is 6.08 Å². The van der Waals surface area contributed by atoms with Gasteiger partial charge in [0.2, 0.25) is 0 Å². The second-order valence-corrected chi connectivity index (χ2v) is 8.28. The second kappa shape index (κ2) is 7.36. The molecule has 1 N–H and O–H groups in total. The summed E-state index contributed by atoms with van der Waals surface area (Å²) in [6.07, 6.45) is 19.7. The van der Waals surface area contributed by atoms with Crippen molar-refractivity contribution in [3.05, 3.63) is 83.0 Å². The number of benzene rings is 1. The number of fused-ring (bicyclic) bond motifs is 2. The Kier molecular flexibility index (Phi) is 4.92. The van der Waals surface area contributed by atoms with Crippen molar-refractivity contribution < 1.29 is 4.74 Å². The number of nitrogens with one attached hydrogen (secondary N) is 1. The highest BCUT2D eigenvalue weighted by Crippen LogP contribution is 2.37. The van der Waals surface area contributed by atoms with E-state index in [1.165, 1.54) is 22.3 Å². The highest BCUT2D eigenvalue weighted by molar-refractivity contribution is 5.64. The lowest BCUT2D eigenvalue weighted by Crippen LogP contribution is -2.54. The lowest BCUT2D eigenvalue weighted by atomic mass is 9.85. The summed E-state index contributed by atoms with van der Waals surface area (Å²) in [7, 11) is 0. The fraction of sp³-hybridized carbons (Fsp3) is 0.360. The zero-order valence-electron chi connectivity index (χ0n) is 16.4. The number of ether oxygens (including phenoxy) is 1. The van der Waals surface area contributed by atoms with Crippen LogP contribution in [0.25, 0.3) is 6.08 Å². The third-order valence-corrected chi connectivity index (χ3v) is 5.69. The first-order valence-electron chi connectivity index (χ1n) is 9.98. The van der Waals surface area contributed by atoms with E-state index in [1.54, 1.807) is 0 Å². The largest absolute Gasteiger partial charge is 0.486 e. The van der Waals surface area contributed by atoms with Gasteiger partial charge in [0.1, 0.15) is 11.4 Å². The molecule has 27 heavy (non-hydrogen) atoms. The lowest BCUT2D eigenvalue weighted by Gasteiger charge is -2.41.